The molecule has 0 saturated heterocycles. The van der Waals surface area contributed by atoms with Gasteiger partial charge < -0.3 is 10.2 Å². The molecule has 0 saturated carbocycles. The molecule has 1 aliphatic rings. The number of hydrogen-bond acceptors (Lipinski definition) is 5. The number of aromatic nitrogens is 1. The zero-order valence-corrected chi connectivity index (χ0v) is 14.7. The second-order valence-corrected chi connectivity index (χ2v) is 8.23. The Kier molecular flexibility index (Phi) is 4.84. The third-order valence-electron chi connectivity index (χ3n) is 3.74. The lowest BCUT2D eigenvalue weighted by Crippen LogP contribution is -2.24. The van der Waals surface area contributed by atoms with Crippen molar-refractivity contribution in [2.45, 2.75) is 38.8 Å². The summed E-state index contributed by atoms with van der Waals surface area (Å²) in [6.45, 7) is 4.03. The minimum Gasteiger partial charge on any atom is -0.346 e. The molecule has 2 heterocycles. The number of anilines is 1. The number of nitrogens with one attached hydrogen (secondary N) is 1. The van der Waals surface area contributed by atoms with Crippen molar-refractivity contribution in [1.29, 1.82) is 0 Å². The van der Waals surface area contributed by atoms with E-state index in [1.54, 1.807) is 11.3 Å². The molecule has 1 aliphatic carbocycles. The van der Waals surface area contributed by atoms with E-state index in [9.17, 15) is 0 Å². The Balaban J connectivity index is 1.76. The smallest absolute Gasteiger partial charge is 0.185 e. The highest BCUT2D eigenvalue weighted by molar-refractivity contribution is 7.16. The summed E-state index contributed by atoms with van der Waals surface area (Å²) in [5, 5.41) is 4.68. The minimum atomic E-state index is 0.438. The van der Waals surface area contributed by atoms with Crippen molar-refractivity contribution in [3.63, 3.8) is 0 Å². The monoisotopic (exact) mass is 341 g/mol. The molecule has 0 spiro atoms. The molecule has 2 aromatic heterocycles. The molecule has 0 aromatic carbocycles. The second kappa shape index (κ2) is 6.65. The van der Waals surface area contributed by atoms with Crippen LogP contribution in [0.4, 0.5) is 5.13 Å². The first kappa shape index (κ1) is 15.3. The van der Waals surface area contributed by atoms with Gasteiger partial charge in [0.15, 0.2) is 5.13 Å². The topological polar surface area (TPSA) is 28.2 Å². The minimum absolute atomic E-state index is 0.438. The van der Waals surface area contributed by atoms with Crippen LogP contribution in [0.2, 0.25) is 4.34 Å². The number of rotatable bonds is 5. The van der Waals surface area contributed by atoms with Crippen molar-refractivity contribution in [3.8, 4) is 0 Å². The van der Waals surface area contributed by atoms with Gasteiger partial charge in [-0.2, -0.15) is 0 Å². The fraction of sp³-hybridized carbons (Fsp3) is 0.533. The van der Waals surface area contributed by atoms with E-state index in [4.69, 9.17) is 16.6 Å². The van der Waals surface area contributed by atoms with Crippen LogP contribution in [-0.4, -0.2) is 18.6 Å². The van der Waals surface area contributed by atoms with Gasteiger partial charge in [-0.25, -0.2) is 4.98 Å². The lowest BCUT2D eigenvalue weighted by Gasteiger charge is -2.21. The van der Waals surface area contributed by atoms with Gasteiger partial charge in [-0.1, -0.05) is 18.5 Å². The molecule has 1 unspecified atom stereocenters. The van der Waals surface area contributed by atoms with Gasteiger partial charge in [0.1, 0.15) is 0 Å². The Bertz CT molecular complexity index is 608. The summed E-state index contributed by atoms with van der Waals surface area (Å²) in [5.74, 6) is 0. The van der Waals surface area contributed by atoms with Crippen molar-refractivity contribution in [3.05, 3.63) is 31.9 Å². The lowest BCUT2D eigenvalue weighted by molar-refractivity contribution is 0.465. The summed E-state index contributed by atoms with van der Waals surface area (Å²) in [6, 6.07) is 4.50. The summed E-state index contributed by atoms with van der Waals surface area (Å²) >= 11 is 9.49. The number of fused-ring (bicyclic) bond motifs is 1. The van der Waals surface area contributed by atoms with E-state index >= 15 is 0 Å². The molecule has 3 nitrogen and oxygen atoms in total. The molecule has 21 heavy (non-hydrogen) atoms. The van der Waals surface area contributed by atoms with Crippen LogP contribution in [0.5, 0.6) is 0 Å². The SMILES string of the molecule is CCNC1CCCc2sc(N(C)Cc3ccc(Cl)s3)nc21. The lowest BCUT2D eigenvalue weighted by atomic mass is 9.98. The average molecular weight is 342 g/mol. The van der Waals surface area contributed by atoms with E-state index in [-0.39, 0.29) is 0 Å². The molecule has 0 bridgehead atoms. The Morgan fingerprint density at radius 3 is 3.00 bits per heavy atom. The molecular weight excluding hydrogens is 322 g/mol. The quantitative estimate of drug-likeness (QED) is 0.869. The van der Waals surface area contributed by atoms with Gasteiger partial charge in [0.25, 0.3) is 0 Å². The maximum atomic E-state index is 6.00. The first-order valence-electron chi connectivity index (χ1n) is 7.35. The van der Waals surface area contributed by atoms with Gasteiger partial charge in [-0.05, 0) is 37.9 Å². The Morgan fingerprint density at radius 1 is 1.43 bits per heavy atom. The van der Waals surface area contributed by atoms with Crippen molar-refractivity contribution in [1.82, 2.24) is 10.3 Å². The summed E-state index contributed by atoms with van der Waals surface area (Å²) in [5.41, 5.74) is 1.28. The van der Waals surface area contributed by atoms with Crippen molar-refractivity contribution in [2.75, 3.05) is 18.5 Å². The van der Waals surface area contributed by atoms with Crippen LogP contribution in [0.3, 0.4) is 0 Å². The first-order chi connectivity index (χ1) is 10.2. The summed E-state index contributed by atoms with van der Waals surface area (Å²) in [7, 11) is 2.11. The fourth-order valence-corrected chi connectivity index (χ4v) is 5.02. The molecule has 3 rings (SSSR count). The van der Waals surface area contributed by atoms with Crippen LogP contribution >= 0.6 is 34.3 Å². The van der Waals surface area contributed by atoms with E-state index in [1.165, 1.54) is 34.7 Å². The third kappa shape index (κ3) is 3.42. The Labute approximate surface area is 139 Å². The second-order valence-electron chi connectivity index (χ2n) is 5.37. The zero-order valence-electron chi connectivity index (χ0n) is 12.4. The highest BCUT2D eigenvalue weighted by Crippen LogP contribution is 2.37. The standard InChI is InChI=1S/C15H20ClN3S2/c1-3-17-11-5-4-6-12-14(11)18-15(21-12)19(2)9-10-7-8-13(16)20-10/h7-8,11,17H,3-6,9H2,1-2H3. The number of nitrogens with zero attached hydrogens (tertiary/aromatic N) is 2. The largest absolute Gasteiger partial charge is 0.346 e. The molecule has 1 atom stereocenters. The van der Waals surface area contributed by atoms with E-state index in [0.29, 0.717) is 6.04 Å². The van der Waals surface area contributed by atoms with Crippen LogP contribution < -0.4 is 10.2 Å². The van der Waals surface area contributed by atoms with E-state index in [0.717, 1.165) is 22.6 Å². The van der Waals surface area contributed by atoms with E-state index < -0.39 is 0 Å². The summed E-state index contributed by atoms with van der Waals surface area (Å²) in [4.78, 5) is 9.87. The molecule has 6 heteroatoms. The molecule has 114 valence electrons. The third-order valence-corrected chi connectivity index (χ3v) is 6.20. The van der Waals surface area contributed by atoms with Gasteiger partial charge in [0, 0.05) is 16.8 Å². The van der Waals surface area contributed by atoms with Crippen LogP contribution in [0.1, 0.15) is 41.3 Å². The average Bonchev–Trinajstić information content (AvgIpc) is 3.06. The van der Waals surface area contributed by atoms with Gasteiger partial charge >= 0.3 is 0 Å². The Morgan fingerprint density at radius 2 is 2.29 bits per heavy atom. The Hall–Kier alpha value is -0.620. The molecular formula is C15H20ClN3S2. The highest BCUT2D eigenvalue weighted by atomic mass is 35.5. The number of thiophene rings is 1. The van der Waals surface area contributed by atoms with E-state index in [2.05, 4.69) is 30.3 Å². The van der Waals surface area contributed by atoms with Crippen LogP contribution in [0.15, 0.2) is 12.1 Å². The van der Waals surface area contributed by atoms with Crippen LogP contribution in [0.25, 0.3) is 0 Å². The zero-order chi connectivity index (χ0) is 14.8. The van der Waals surface area contributed by atoms with Crippen LogP contribution in [0, 0.1) is 0 Å². The predicted octanol–water partition coefficient (Wildman–Crippen LogP) is 4.48. The maximum absolute atomic E-state index is 6.00. The summed E-state index contributed by atoms with van der Waals surface area (Å²) in [6.07, 6.45) is 3.64. The molecule has 0 amide bonds. The number of halogens is 1. The van der Waals surface area contributed by atoms with E-state index in [1.807, 2.05) is 17.4 Å². The van der Waals surface area contributed by atoms with Gasteiger partial charge in [-0.3, -0.25) is 0 Å². The molecule has 0 fully saturated rings. The molecule has 0 radical (unpaired) electrons. The maximum Gasteiger partial charge on any atom is 0.185 e. The summed E-state index contributed by atoms with van der Waals surface area (Å²) < 4.78 is 0.851. The molecule has 0 aliphatic heterocycles. The normalized spacial score (nSPS) is 17.8. The molecule has 1 N–H and O–H groups in total. The first-order valence-corrected chi connectivity index (χ1v) is 9.36. The number of thiazole rings is 1. The van der Waals surface area contributed by atoms with Crippen molar-refractivity contribution < 1.29 is 0 Å². The molecule has 2 aromatic rings. The predicted molar refractivity (Wildman–Crippen MR) is 92.9 cm³/mol. The van der Waals surface area contributed by atoms with Crippen LogP contribution in [-0.2, 0) is 13.0 Å². The van der Waals surface area contributed by atoms with Gasteiger partial charge in [-0.15, -0.1) is 22.7 Å². The number of aryl methyl sites for hydroxylation is 1. The number of hydrogen-bond donors (Lipinski definition) is 1. The fourth-order valence-electron chi connectivity index (χ4n) is 2.75. The van der Waals surface area contributed by atoms with Crippen molar-refractivity contribution in [2.24, 2.45) is 0 Å². The highest BCUT2D eigenvalue weighted by Gasteiger charge is 2.25. The van der Waals surface area contributed by atoms with Crippen molar-refractivity contribution >= 4 is 39.4 Å². The van der Waals surface area contributed by atoms with Gasteiger partial charge in [0.05, 0.1) is 22.6 Å². The van der Waals surface area contributed by atoms with Gasteiger partial charge in [0.2, 0.25) is 0 Å².